The zero-order chi connectivity index (χ0) is 15.1. The number of benzene rings is 1. The van der Waals surface area contributed by atoms with E-state index >= 15 is 0 Å². The normalized spacial score (nSPS) is 19.0. The third-order valence-corrected chi connectivity index (χ3v) is 3.40. The lowest BCUT2D eigenvalue weighted by Gasteiger charge is -2.19. The number of hydrogen-bond acceptors (Lipinski definition) is 3. The number of carboxylic acid groups (broad SMARTS) is 1. The van der Waals surface area contributed by atoms with Crippen LogP contribution in [0.3, 0.4) is 0 Å². The van der Waals surface area contributed by atoms with Gasteiger partial charge in [0.25, 0.3) is 0 Å². The molecule has 21 heavy (non-hydrogen) atoms. The van der Waals surface area contributed by atoms with Crippen molar-refractivity contribution >= 4 is 12.0 Å². The monoisotopic (exact) mass is 292 g/mol. The first-order valence-electron chi connectivity index (χ1n) is 7.08. The van der Waals surface area contributed by atoms with Crippen molar-refractivity contribution in [2.45, 2.75) is 31.4 Å². The van der Waals surface area contributed by atoms with Gasteiger partial charge >= 0.3 is 12.0 Å². The molecule has 1 aromatic rings. The summed E-state index contributed by atoms with van der Waals surface area (Å²) in [6, 6.07) is 8.15. The van der Waals surface area contributed by atoms with Crippen molar-refractivity contribution < 1.29 is 19.4 Å². The highest BCUT2D eigenvalue weighted by molar-refractivity contribution is 5.76. The molecule has 1 fully saturated rings. The van der Waals surface area contributed by atoms with Crippen LogP contribution in [0.15, 0.2) is 30.3 Å². The second kappa shape index (κ2) is 7.64. The number of aliphatic carboxylic acids is 1. The summed E-state index contributed by atoms with van der Waals surface area (Å²) in [6.45, 7) is 1.18. The van der Waals surface area contributed by atoms with Gasteiger partial charge in [0, 0.05) is 13.2 Å². The summed E-state index contributed by atoms with van der Waals surface area (Å²) in [5.41, 5.74) is 0.771. The second-order valence-corrected chi connectivity index (χ2v) is 5.05. The van der Waals surface area contributed by atoms with Crippen molar-refractivity contribution in [1.29, 1.82) is 0 Å². The fourth-order valence-electron chi connectivity index (χ4n) is 2.33. The molecular weight excluding hydrogens is 272 g/mol. The molecule has 0 spiro atoms. The van der Waals surface area contributed by atoms with Crippen LogP contribution in [0.5, 0.6) is 0 Å². The zero-order valence-electron chi connectivity index (χ0n) is 11.7. The van der Waals surface area contributed by atoms with Gasteiger partial charge in [-0.2, -0.15) is 0 Å². The Morgan fingerprint density at radius 2 is 2.10 bits per heavy atom. The van der Waals surface area contributed by atoms with Crippen LogP contribution in [-0.4, -0.2) is 36.4 Å². The van der Waals surface area contributed by atoms with Gasteiger partial charge in [0.05, 0.1) is 18.6 Å². The number of amides is 2. The van der Waals surface area contributed by atoms with Gasteiger partial charge in [-0.1, -0.05) is 30.3 Å². The first kappa shape index (κ1) is 15.3. The fraction of sp³-hybridized carbons (Fsp3) is 0.467. The topological polar surface area (TPSA) is 87.7 Å². The Morgan fingerprint density at radius 3 is 2.71 bits per heavy atom. The van der Waals surface area contributed by atoms with E-state index in [1.54, 1.807) is 12.1 Å². The molecule has 2 rings (SSSR count). The molecule has 1 aliphatic heterocycles. The SMILES string of the molecule is O=C(O)CC(NC(=O)NCC1CCCO1)c1ccccc1. The van der Waals surface area contributed by atoms with Gasteiger partial charge in [0.2, 0.25) is 0 Å². The summed E-state index contributed by atoms with van der Waals surface area (Å²) in [7, 11) is 0. The van der Waals surface area contributed by atoms with Crippen LogP contribution in [-0.2, 0) is 9.53 Å². The van der Waals surface area contributed by atoms with E-state index in [9.17, 15) is 9.59 Å². The first-order valence-corrected chi connectivity index (χ1v) is 7.08. The first-order chi connectivity index (χ1) is 10.1. The summed E-state index contributed by atoms with van der Waals surface area (Å²) in [6.07, 6.45) is 1.86. The molecule has 0 aromatic heterocycles. The Kier molecular flexibility index (Phi) is 5.57. The van der Waals surface area contributed by atoms with E-state index in [-0.39, 0.29) is 18.6 Å². The summed E-state index contributed by atoms with van der Waals surface area (Å²) >= 11 is 0. The van der Waals surface area contributed by atoms with Crippen LogP contribution in [0.1, 0.15) is 30.9 Å². The van der Waals surface area contributed by atoms with Gasteiger partial charge in [0.15, 0.2) is 0 Å². The molecule has 0 radical (unpaired) electrons. The molecule has 1 saturated heterocycles. The number of rotatable bonds is 6. The maximum Gasteiger partial charge on any atom is 0.315 e. The molecule has 0 saturated carbocycles. The Balaban J connectivity index is 1.88. The minimum absolute atomic E-state index is 0.0606. The minimum atomic E-state index is -0.955. The van der Waals surface area contributed by atoms with Crippen molar-refractivity contribution in [3.8, 4) is 0 Å². The van der Waals surface area contributed by atoms with Gasteiger partial charge in [-0.3, -0.25) is 4.79 Å². The maximum absolute atomic E-state index is 11.9. The molecule has 1 aliphatic rings. The molecule has 114 valence electrons. The molecule has 0 bridgehead atoms. The van der Waals surface area contributed by atoms with Crippen LogP contribution in [0.4, 0.5) is 4.79 Å². The largest absolute Gasteiger partial charge is 0.481 e. The van der Waals surface area contributed by atoms with Crippen molar-refractivity contribution in [3.05, 3.63) is 35.9 Å². The molecule has 2 amide bonds. The number of hydrogen-bond donors (Lipinski definition) is 3. The lowest BCUT2D eigenvalue weighted by atomic mass is 10.0. The predicted molar refractivity (Wildman–Crippen MR) is 76.9 cm³/mol. The Labute approximate surface area is 123 Å². The minimum Gasteiger partial charge on any atom is -0.481 e. The van der Waals surface area contributed by atoms with Crippen molar-refractivity contribution in [1.82, 2.24) is 10.6 Å². The van der Waals surface area contributed by atoms with Gasteiger partial charge < -0.3 is 20.5 Å². The van der Waals surface area contributed by atoms with Gasteiger partial charge in [-0.05, 0) is 18.4 Å². The fourth-order valence-corrected chi connectivity index (χ4v) is 2.33. The van der Waals surface area contributed by atoms with Crippen molar-refractivity contribution in [2.75, 3.05) is 13.2 Å². The molecule has 1 heterocycles. The summed E-state index contributed by atoms with van der Waals surface area (Å²) in [5, 5.41) is 14.4. The van der Waals surface area contributed by atoms with Gasteiger partial charge in [-0.25, -0.2) is 4.79 Å². The van der Waals surface area contributed by atoms with Gasteiger partial charge in [0.1, 0.15) is 0 Å². The number of ether oxygens (including phenoxy) is 1. The lowest BCUT2D eigenvalue weighted by molar-refractivity contribution is -0.137. The third-order valence-electron chi connectivity index (χ3n) is 3.40. The van der Waals surface area contributed by atoms with Crippen LogP contribution in [0.25, 0.3) is 0 Å². The average molecular weight is 292 g/mol. The quantitative estimate of drug-likeness (QED) is 0.744. The van der Waals surface area contributed by atoms with E-state index in [0.717, 1.165) is 25.0 Å². The van der Waals surface area contributed by atoms with Gasteiger partial charge in [-0.15, -0.1) is 0 Å². The number of carboxylic acids is 1. The van der Waals surface area contributed by atoms with E-state index in [1.165, 1.54) is 0 Å². The van der Waals surface area contributed by atoms with E-state index in [1.807, 2.05) is 18.2 Å². The van der Waals surface area contributed by atoms with E-state index in [4.69, 9.17) is 9.84 Å². The Hall–Kier alpha value is -2.08. The maximum atomic E-state index is 11.9. The van der Waals surface area contributed by atoms with Crippen LogP contribution < -0.4 is 10.6 Å². The molecule has 3 N–H and O–H groups in total. The highest BCUT2D eigenvalue weighted by Gasteiger charge is 2.20. The van der Waals surface area contributed by atoms with Crippen molar-refractivity contribution in [2.24, 2.45) is 0 Å². The number of carbonyl (C=O) groups is 2. The number of nitrogens with one attached hydrogen (secondary N) is 2. The summed E-state index contributed by atoms with van der Waals surface area (Å²) in [4.78, 5) is 22.8. The molecule has 0 aliphatic carbocycles. The molecular formula is C15H20N2O4. The van der Waals surface area contributed by atoms with Crippen LogP contribution in [0, 0.1) is 0 Å². The molecule has 1 aromatic carbocycles. The third kappa shape index (κ3) is 5.07. The molecule has 2 unspecified atom stereocenters. The Morgan fingerprint density at radius 1 is 1.33 bits per heavy atom. The number of carbonyl (C=O) groups excluding carboxylic acids is 1. The molecule has 6 heteroatoms. The van der Waals surface area contributed by atoms with Crippen molar-refractivity contribution in [3.63, 3.8) is 0 Å². The summed E-state index contributed by atoms with van der Waals surface area (Å²) < 4.78 is 5.42. The van der Waals surface area contributed by atoms with Crippen LogP contribution in [0.2, 0.25) is 0 Å². The highest BCUT2D eigenvalue weighted by atomic mass is 16.5. The summed E-state index contributed by atoms with van der Waals surface area (Å²) in [5.74, 6) is -0.955. The second-order valence-electron chi connectivity index (χ2n) is 5.05. The van der Waals surface area contributed by atoms with E-state index in [2.05, 4.69) is 10.6 Å². The molecule has 2 atom stereocenters. The standard InChI is InChI=1S/C15H20N2O4/c18-14(19)9-13(11-5-2-1-3-6-11)17-15(20)16-10-12-7-4-8-21-12/h1-3,5-6,12-13H,4,7-10H2,(H,18,19)(H2,16,17,20). The molecule has 6 nitrogen and oxygen atoms in total. The highest BCUT2D eigenvalue weighted by Crippen LogP contribution is 2.16. The number of urea groups is 1. The van der Waals surface area contributed by atoms with Crippen LogP contribution >= 0.6 is 0 Å². The smallest absolute Gasteiger partial charge is 0.315 e. The van der Waals surface area contributed by atoms with E-state index in [0.29, 0.717) is 6.54 Å². The Bertz CT molecular complexity index is 472. The average Bonchev–Trinajstić information content (AvgIpc) is 2.98. The predicted octanol–water partition coefficient (Wildman–Crippen LogP) is 1.68. The zero-order valence-corrected chi connectivity index (χ0v) is 11.7. The lowest BCUT2D eigenvalue weighted by Crippen LogP contribution is -2.41. The van der Waals surface area contributed by atoms with E-state index < -0.39 is 12.0 Å².